The maximum absolute atomic E-state index is 10.4. The number of alkyl halides is 1. The Kier molecular flexibility index (Phi) is 6.90. The number of benzene rings is 1. The Morgan fingerprint density at radius 3 is 2.38 bits per heavy atom. The van der Waals surface area contributed by atoms with Crippen molar-refractivity contribution in [2.45, 2.75) is 25.7 Å². The molecule has 0 spiro atoms. The van der Waals surface area contributed by atoms with Gasteiger partial charge in [0.1, 0.15) is 12.0 Å². The van der Waals surface area contributed by atoms with Crippen LogP contribution in [0.1, 0.15) is 36.0 Å². The van der Waals surface area contributed by atoms with Crippen LogP contribution in [0, 0.1) is 0 Å². The van der Waals surface area contributed by atoms with E-state index in [2.05, 4.69) is 15.9 Å². The lowest BCUT2D eigenvalue weighted by molar-refractivity contribution is 0.112. The molecule has 0 amide bonds. The van der Waals surface area contributed by atoms with Crippen molar-refractivity contribution in [3.63, 3.8) is 0 Å². The lowest BCUT2D eigenvalue weighted by Crippen LogP contribution is -1.97. The van der Waals surface area contributed by atoms with Gasteiger partial charge >= 0.3 is 0 Å². The summed E-state index contributed by atoms with van der Waals surface area (Å²) < 4.78 is 5.56. The van der Waals surface area contributed by atoms with Gasteiger partial charge in [0.2, 0.25) is 0 Å². The molecule has 0 N–H and O–H groups in total. The third-order valence-electron chi connectivity index (χ3n) is 2.31. The van der Waals surface area contributed by atoms with Gasteiger partial charge in [-0.05, 0) is 37.1 Å². The quantitative estimate of drug-likeness (QED) is 0.412. The second-order valence-corrected chi connectivity index (χ2v) is 4.43. The molecule has 0 bridgehead atoms. The molecular weight excluding hydrogens is 268 g/mol. The maximum Gasteiger partial charge on any atom is 0.150 e. The van der Waals surface area contributed by atoms with Crippen molar-refractivity contribution in [3.05, 3.63) is 29.8 Å². The number of aldehydes is 1. The standard InChI is InChI=1S/C13H17BrO2/c14-9-3-1-2-4-10-16-13-7-5-12(11-15)6-8-13/h5-8,11H,1-4,9-10H2. The van der Waals surface area contributed by atoms with E-state index in [1.54, 1.807) is 12.1 Å². The molecule has 0 atom stereocenters. The van der Waals surface area contributed by atoms with Crippen molar-refractivity contribution in [2.24, 2.45) is 0 Å². The van der Waals surface area contributed by atoms with E-state index in [1.807, 2.05) is 12.1 Å². The number of ether oxygens (including phenoxy) is 1. The summed E-state index contributed by atoms with van der Waals surface area (Å²) in [7, 11) is 0. The fourth-order valence-electron chi connectivity index (χ4n) is 1.38. The van der Waals surface area contributed by atoms with Gasteiger partial charge in [-0.15, -0.1) is 0 Å². The van der Waals surface area contributed by atoms with Gasteiger partial charge in [-0.1, -0.05) is 28.8 Å². The Hall–Kier alpha value is -0.830. The highest BCUT2D eigenvalue weighted by Gasteiger charge is 1.94. The van der Waals surface area contributed by atoms with E-state index in [-0.39, 0.29) is 0 Å². The van der Waals surface area contributed by atoms with Gasteiger partial charge in [0.15, 0.2) is 0 Å². The van der Waals surface area contributed by atoms with Gasteiger partial charge in [0.25, 0.3) is 0 Å². The Morgan fingerprint density at radius 2 is 1.75 bits per heavy atom. The Morgan fingerprint density at radius 1 is 1.06 bits per heavy atom. The average Bonchev–Trinajstić information content (AvgIpc) is 2.34. The molecule has 1 rings (SSSR count). The molecule has 3 heteroatoms. The van der Waals surface area contributed by atoms with Crippen molar-refractivity contribution in [1.29, 1.82) is 0 Å². The molecule has 0 heterocycles. The second-order valence-electron chi connectivity index (χ2n) is 3.64. The van der Waals surface area contributed by atoms with Gasteiger partial charge < -0.3 is 4.74 Å². The lowest BCUT2D eigenvalue weighted by Gasteiger charge is -2.05. The van der Waals surface area contributed by atoms with Gasteiger partial charge in [0, 0.05) is 10.9 Å². The molecule has 0 aromatic heterocycles. The molecule has 0 fully saturated rings. The van der Waals surface area contributed by atoms with E-state index >= 15 is 0 Å². The number of halogens is 1. The van der Waals surface area contributed by atoms with Gasteiger partial charge in [-0.3, -0.25) is 4.79 Å². The highest BCUT2D eigenvalue weighted by molar-refractivity contribution is 9.09. The summed E-state index contributed by atoms with van der Waals surface area (Å²) in [5.74, 6) is 0.839. The number of carbonyl (C=O) groups is 1. The fourth-order valence-corrected chi connectivity index (χ4v) is 1.78. The molecule has 16 heavy (non-hydrogen) atoms. The van der Waals surface area contributed by atoms with Crippen molar-refractivity contribution in [1.82, 2.24) is 0 Å². The minimum absolute atomic E-state index is 0.685. The molecule has 1 aromatic rings. The van der Waals surface area contributed by atoms with E-state index in [0.29, 0.717) is 5.56 Å². The molecule has 0 saturated heterocycles. The summed E-state index contributed by atoms with van der Waals surface area (Å²) in [6.45, 7) is 0.753. The molecule has 0 unspecified atom stereocenters. The lowest BCUT2D eigenvalue weighted by atomic mass is 10.2. The fraction of sp³-hybridized carbons (Fsp3) is 0.462. The SMILES string of the molecule is O=Cc1ccc(OCCCCCCBr)cc1. The summed E-state index contributed by atoms with van der Waals surface area (Å²) in [5, 5.41) is 1.08. The molecule has 0 aliphatic heterocycles. The highest BCUT2D eigenvalue weighted by Crippen LogP contribution is 2.12. The summed E-state index contributed by atoms with van der Waals surface area (Å²) in [5.41, 5.74) is 0.685. The van der Waals surface area contributed by atoms with E-state index in [0.717, 1.165) is 30.4 Å². The topological polar surface area (TPSA) is 26.3 Å². The van der Waals surface area contributed by atoms with Crippen LogP contribution in [0.5, 0.6) is 5.75 Å². The first-order chi connectivity index (χ1) is 7.86. The van der Waals surface area contributed by atoms with E-state index in [1.165, 1.54) is 19.3 Å². The minimum Gasteiger partial charge on any atom is -0.494 e. The van der Waals surface area contributed by atoms with Crippen LogP contribution < -0.4 is 4.74 Å². The molecule has 0 aliphatic rings. The molecule has 0 aliphatic carbocycles. The second kappa shape index (κ2) is 8.34. The summed E-state index contributed by atoms with van der Waals surface area (Å²) >= 11 is 3.41. The Labute approximate surface area is 105 Å². The first-order valence-electron chi connectivity index (χ1n) is 5.61. The van der Waals surface area contributed by atoms with Crippen molar-refractivity contribution < 1.29 is 9.53 Å². The molecule has 1 aromatic carbocycles. The van der Waals surface area contributed by atoms with Crippen molar-refractivity contribution >= 4 is 22.2 Å². The van der Waals surface area contributed by atoms with Crippen LogP contribution in [-0.2, 0) is 0 Å². The van der Waals surface area contributed by atoms with Crippen LogP contribution in [-0.4, -0.2) is 18.2 Å². The monoisotopic (exact) mass is 284 g/mol. The summed E-state index contributed by atoms with van der Waals surface area (Å²) in [4.78, 5) is 10.4. The van der Waals surface area contributed by atoms with Crippen molar-refractivity contribution in [2.75, 3.05) is 11.9 Å². The molecule has 88 valence electrons. The summed E-state index contributed by atoms with van der Waals surface area (Å²) in [6, 6.07) is 7.21. The predicted octanol–water partition coefficient (Wildman–Crippen LogP) is 3.83. The number of hydrogen-bond acceptors (Lipinski definition) is 2. The van der Waals surface area contributed by atoms with Crippen LogP contribution in [0.15, 0.2) is 24.3 Å². The van der Waals surface area contributed by atoms with E-state index in [4.69, 9.17) is 4.74 Å². The van der Waals surface area contributed by atoms with Gasteiger partial charge in [0.05, 0.1) is 6.61 Å². The number of rotatable bonds is 8. The third kappa shape index (κ3) is 5.31. The zero-order valence-corrected chi connectivity index (χ0v) is 10.9. The van der Waals surface area contributed by atoms with Crippen LogP contribution in [0.25, 0.3) is 0 Å². The highest BCUT2D eigenvalue weighted by atomic mass is 79.9. The first-order valence-corrected chi connectivity index (χ1v) is 6.73. The smallest absolute Gasteiger partial charge is 0.150 e. The normalized spacial score (nSPS) is 10.1. The van der Waals surface area contributed by atoms with Crippen LogP contribution in [0.3, 0.4) is 0 Å². The van der Waals surface area contributed by atoms with Gasteiger partial charge in [-0.25, -0.2) is 0 Å². The van der Waals surface area contributed by atoms with Crippen molar-refractivity contribution in [3.8, 4) is 5.75 Å². The Bertz CT molecular complexity index is 295. The first kappa shape index (κ1) is 13.2. The number of carbonyl (C=O) groups excluding carboxylic acids is 1. The van der Waals surface area contributed by atoms with Crippen LogP contribution in [0.4, 0.5) is 0 Å². The largest absolute Gasteiger partial charge is 0.494 e. The van der Waals surface area contributed by atoms with Gasteiger partial charge in [-0.2, -0.15) is 0 Å². The summed E-state index contributed by atoms with van der Waals surface area (Å²) in [6.07, 6.45) is 5.61. The van der Waals surface area contributed by atoms with Crippen LogP contribution >= 0.6 is 15.9 Å². The molecule has 0 radical (unpaired) electrons. The predicted molar refractivity (Wildman–Crippen MR) is 69.6 cm³/mol. The molecule has 0 saturated carbocycles. The zero-order valence-electron chi connectivity index (χ0n) is 9.32. The number of hydrogen-bond donors (Lipinski definition) is 0. The van der Waals surface area contributed by atoms with E-state index < -0.39 is 0 Å². The van der Waals surface area contributed by atoms with Crippen LogP contribution in [0.2, 0.25) is 0 Å². The van der Waals surface area contributed by atoms with E-state index in [9.17, 15) is 4.79 Å². The minimum atomic E-state index is 0.685. The maximum atomic E-state index is 10.4. The molecule has 2 nitrogen and oxygen atoms in total. The molecular formula is C13H17BrO2. The zero-order chi connectivity index (χ0) is 11.6. The average molecular weight is 285 g/mol. The third-order valence-corrected chi connectivity index (χ3v) is 2.87. The Balaban J connectivity index is 2.14. The number of unbranched alkanes of at least 4 members (excludes halogenated alkanes) is 3.